The van der Waals surface area contributed by atoms with Crippen molar-refractivity contribution in [3.63, 3.8) is 0 Å². The number of rotatable bonds is 4. The minimum absolute atomic E-state index is 0.0167. The molecule has 1 aliphatic carbocycles. The van der Waals surface area contributed by atoms with Gasteiger partial charge in [0, 0.05) is 6.42 Å². The molecule has 0 spiro atoms. The molecule has 2 rings (SSSR count). The van der Waals surface area contributed by atoms with Crippen molar-refractivity contribution in [2.75, 3.05) is 0 Å². The van der Waals surface area contributed by atoms with Gasteiger partial charge in [-0.15, -0.1) is 0 Å². The van der Waals surface area contributed by atoms with Crippen LogP contribution in [0.4, 0.5) is 0 Å². The van der Waals surface area contributed by atoms with Crippen LogP contribution in [0.1, 0.15) is 36.8 Å². The smallest absolute Gasteiger partial charge is 0.161 e. The molecule has 1 aromatic rings. The standard InChI is InChI=1S/C13H16O2/c1-2-12(14)13(15)8-10-7-9-5-3-4-6-11(9)10/h3-6,10,12,14H,2,7-8H2,1H3. The first kappa shape index (κ1) is 10.4. The van der Waals surface area contributed by atoms with E-state index in [9.17, 15) is 9.90 Å². The molecule has 0 saturated heterocycles. The second-order valence-electron chi connectivity index (χ2n) is 4.19. The zero-order valence-electron chi connectivity index (χ0n) is 8.94. The van der Waals surface area contributed by atoms with Crippen LogP contribution < -0.4 is 0 Å². The molecule has 2 atom stereocenters. The van der Waals surface area contributed by atoms with E-state index in [2.05, 4.69) is 12.1 Å². The molecule has 0 heterocycles. The van der Waals surface area contributed by atoms with E-state index in [0.717, 1.165) is 6.42 Å². The predicted molar refractivity (Wildman–Crippen MR) is 58.8 cm³/mol. The maximum absolute atomic E-state index is 11.5. The average molecular weight is 204 g/mol. The maximum atomic E-state index is 11.5. The number of benzene rings is 1. The minimum Gasteiger partial charge on any atom is -0.385 e. The first-order valence-electron chi connectivity index (χ1n) is 5.51. The lowest BCUT2D eigenvalue weighted by Gasteiger charge is -2.30. The SMILES string of the molecule is CCC(O)C(=O)CC1Cc2ccccc21. The first-order chi connectivity index (χ1) is 7.22. The molecular formula is C13H16O2. The second-order valence-corrected chi connectivity index (χ2v) is 4.19. The Hall–Kier alpha value is -1.15. The molecule has 2 unspecified atom stereocenters. The van der Waals surface area contributed by atoms with E-state index in [1.807, 2.05) is 19.1 Å². The highest BCUT2D eigenvalue weighted by Gasteiger charge is 2.28. The zero-order valence-corrected chi connectivity index (χ0v) is 8.94. The van der Waals surface area contributed by atoms with Crippen LogP contribution in [-0.4, -0.2) is 17.0 Å². The highest BCUT2D eigenvalue weighted by atomic mass is 16.3. The van der Waals surface area contributed by atoms with Gasteiger partial charge in [0.2, 0.25) is 0 Å². The van der Waals surface area contributed by atoms with Crippen LogP contribution in [-0.2, 0) is 11.2 Å². The molecule has 2 heteroatoms. The van der Waals surface area contributed by atoms with Crippen molar-refractivity contribution in [2.45, 2.75) is 38.2 Å². The van der Waals surface area contributed by atoms with Crippen molar-refractivity contribution in [2.24, 2.45) is 0 Å². The predicted octanol–water partition coefficient (Wildman–Crippen LogP) is 2.06. The summed E-state index contributed by atoms with van der Waals surface area (Å²) in [6, 6.07) is 8.21. The van der Waals surface area contributed by atoms with Gasteiger partial charge in [-0.1, -0.05) is 31.2 Å². The van der Waals surface area contributed by atoms with E-state index >= 15 is 0 Å². The fourth-order valence-electron chi connectivity index (χ4n) is 2.15. The molecule has 80 valence electrons. The topological polar surface area (TPSA) is 37.3 Å². The number of Topliss-reactive ketones (excluding diaryl/α,β-unsaturated/α-hetero) is 1. The zero-order chi connectivity index (χ0) is 10.8. The molecule has 0 radical (unpaired) electrons. The van der Waals surface area contributed by atoms with Crippen molar-refractivity contribution < 1.29 is 9.90 Å². The largest absolute Gasteiger partial charge is 0.385 e. The number of aliphatic hydroxyl groups excluding tert-OH is 1. The summed E-state index contributed by atoms with van der Waals surface area (Å²) in [6.07, 6.45) is 1.23. The van der Waals surface area contributed by atoms with Crippen LogP contribution in [0.25, 0.3) is 0 Å². The maximum Gasteiger partial charge on any atom is 0.161 e. The highest BCUT2D eigenvalue weighted by Crippen LogP contribution is 2.37. The van der Waals surface area contributed by atoms with E-state index in [4.69, 9.17) is 0 Å². The Morgan fingerprint density at radius 2 is 2.27 bits per heavy atom. The lowest BCUT2D eigenvalue weighted by molar-refractivity contribution is -0.127. The summed E-state index contributed by atoms with van der Waals surface area (Å²) < 4.78 is 0. The van der Waals surface area contributed by atoms with Gasteiger partial charge >= 0.3 is 0 Å². The van der Waals surface area contributed by atoms with Gasteiger partial charge in [0.05, 0.1) is 0 Å². The van der Waals surface area contributed by atoms with Crippen LogP contribution in [0, 0.1) is 0 Å². The molecular weight excluding hydrogens is 188 g/mol. The van der Waals surface area contributed by atoms with Gasteiger partial charge in [-0.25, -0.2) is 0 Å². The molecule has 2 nitrogen and oxygen atoms in total. The fourth-order valence-corrected chi connectivity index (χ4v) is 2.15. The van der Waals surface area contributed by atoms with Crippen LogP contribution in [0.2, 0.25) is 0 Å². The lowest BCUT2D eigenvalue weighted by atomic mass is 9.74. The third-order valence-electron chi connectivity index (χ3n) is 3.17. The van der Waals surface area contributed by atoms with Gasteiger partial charge in [0.15, 0.2) is 5.78 Å². The Labute approximate surface area is 89.9 Å². The highest BCUT2D eigenvalue weighted by molar-refractivity contribution is 5.84. The van der Waals surface area contributed by atoms with Crippen LogP contribution in [0.15, 0.2) is 24.3 Å². The van der Waals surface area contributed by atoms with Crippen molar-refractivity contribution >= 4 is 5.78 Å². The van der Waals surface area contributed by atoms with Crippen LogP contribution in [0.3, 0.4) is 0 Å². The number of carbonyl (C=O) groups is 1. The molecule has 15 heavy (non-hydrogen) atoms. The van der Waals surface area contributed by atoms with E-state index in [1.165, 1.54) is 11.1 Å². The fraction of sp³-hybridized carbons (Fsp3) is 0.462. The molecule has 1 aliphatic rings. The number of aliphatic hydroxyl groups is 1. The summed E-state index contributed by atoms with van der Waals surface area (Å²) in [4.78, 5) is 11.5. The summed E-state index contributed by atoms with van der Waals surface area (Å²) in [5.74, 6) is 0.326. The molecule has 1 aromatic carbocycles. The summed E-state index contributed by atoms with van der Waals surface area (Å²) in [5, 5.41) is 9.39. The van der Waals surface area contributed by atoms with Gasteiger partial charge in [-0.2, -0.15) is 0 Å². The van der Waals surface area contributed by atoms with E-state index in [-0.39, 0.29) is 5.78 Å². The molecule has 0 aromatic heterocycles. The molecule has 1 N–H and O–H groups in total. The van der Waals surface area contributed by atoms with Crippen molar-refractivity contribution in [3.8, 4) is 0 Å². The number of ketones is 1. The first-order valence-corrected chi connectivity index (χ1v) is 5.51. The average Bonchev–Trinajstić information content (AvgIpc) is 2.24. The lowest BCUT2D eigenvalue weighted by Crippen LogP contribution is -2.26. The monoisotopic (exact) mass is 204 g/mol. The molecule has 0 amide bonds. The normalized spacial score (nSPS) is 20.3. The van der Waals surface area contributed by atoms with Gasteiger partial charge in [0.25, 0.3) is 0 Å². The summed E-state index contributed by atoms with van der Waals surface area (Å²) in [7, 11) is 0. The van der Waals surface area contributed by atoms with Crippen molar-refractivity contribution in [1.29, 1.82) is 0 Å². The Kier molecular flexibility index (Phi) is 2.87. The summed E-state index contributed by atoms with van der Waals surface area (Å²) in [6.45, 7) is 1.83. The minimum atomic E-state index is -0.766. The Balaban J connectivity index is 1.98. The number of hydrogen-bond acceptors (Lipinski definition) is 2. The van der Waals surface area contributed by atoms with Gasteiger partial charge < -0.3 is 5.11 Å². The molecule has 0 aliphatic heterocycles. The van der Waals surface area contributed by atoms with E-state index < -0.39 is 6.10 Å². The quantitative estimate of drug-likeness (QED) is 0.815. The van der Waals surface area contributed by atoms with Crippen molar-refractivity contribution in [3.05, 3.63) is 35.4 Å². The van der Waals surface area contributed by atoms with Crippen molar-refractivity contribution in [1.82, 2.24) is 0 Å². The molecule has 0 fully saturated rings. The third kappa shape index (κ3) is 1.95. The Morgan fingerprint density at radius 3 is 2.93 bits per heavy atom. The Morgan fingerprint density at radius 1 is 1.53 bits per heavy atom. The van der Waals surface area contributed by atoms with Gasteiger partial charge in [-0.3, -0.25) is 4.79 Å². The van der Waals surface area contributed by atoms with Crippen LogP contribution in [0.5, 0.6) is 0 Å². The number of hydrogen-bond donors (Lipinski definition) is 1. The van der Waals surface area contributed by atoms with E-state index in [1.54, 1.807) is 0 Å². The number of carbonyl (C=O) groups excluding carboxylic acids is 1. The molecule has 0 bridgehead atoms. The molecule has 0 saturated carbocycles. The van der Waals surface area contributed by atoms with Gasteiger partial charge in [-0.05, 0) is 29.9 Å². The number of fused-ring (bicyclic) bond motifs is 1. The van der Waals surface area contributed by atoms with E-state index in [0.29, 0.717) is 18.8 Å². The summed E-state index contributed by atoms with van der Waals surface area (Å²) >= 11 is 0. The van der Waals surface area contributed by atoms with Gasteiger partial charge in [0.1, 0.15) is 6.10 Å². The third-order valence-corrected chi connectivity index (χ3v) is 3.17. The second kappa shape index (κ2) is 4.15. The summed E-state index contributed by atoms with van der Waals surface area (Å²) in [5.41, 5.74) is 2.63. The van der Waals surface area contributed by atoms with Crippen LogP contribution >= 0.6 is 0 Å². The Bertz CT molecular complexity index is 371.